The van der Waals surface area contributed by atoms with Gasteiger partial charge in [0.05, 0.1) is 23.2 Å². The molecule has 0 spiro atoms. The Morgan fingerprint density at radius 1 is 0.634 bits per heavy atom. The molecule has 0 bridgehead atoms. The average molecular weight is 1120 g/mol. The highest BCUT2D eigenvalue weighted by Gasteiger charge is 2.28. The lowest BCUT2D eigenvalue weighted by Crippen LogP contribution is -2.14. The number of azo groups is 2. The van der Waals surface area contributed by atoms with Gasteiger partial charge in [-0.05, 0) is 36.0 Å². The van der Waals surface area contributed by atoms with Gasteiger partial charge in [0.1, 0.15) is 31.0 Å². The van der Waals surface area contributed by atoms with Gasteiger partial charge in [0, 0.05) is 24.3 Å². The van der Waals surface area contributed by atoms with Crippen molar-refractivity contribution in [1.29, 1.82) is 5.26 Å². The Morgan fingerprint density at radius 2 is 1.04 bits per heavy atom. The fourth-order valence-corrected chi connectivity index (χ4v) is 8.90. The first-order chi connectivity index (χ1) is 33.2. The number of nitrogens with zero attached hydrogens (tertiary/aromatic N) is 13. The zero-order valence-corrected chi connectivity index (χ0v) is 40.2. The summed E-state index contributed by atoms with van der Waals surface area (Å²) in [6.45, 7) is 6.73. The van der Waals surface area contributed by atoms with Crippen LogP contribution in [-0.2, 0) is 49.8 Å². The number of hydrogen-bond donors (Lipinski definition) is 12. The molecule has 5 aromatic rings. The van der Waals surface area contributed by atoms with E-state index in [2.05, 4.69) is 85.5 Å². The van der Waals surface area contributed by atoms with E-state index in [0.717, 1.165) is 23.5 Å². The van der Waals surface area contributed by atoms with Gasteiger partial charge in [0.15, 0.2) is 45.0 Å². The van der Waals surface area contributed by atoms with E-state index in [-0.39, 0.29) is 34.2 Å². The van der Waals surface area contributed by atoms with Crippen LogP contribution < -0.4 is 38.9 Å². The minimum atomic E-state index is -5.44. The molecule has 5 rings (SSSR count). The maximum absolute atomic E-state index is 12.8. The number of thioether (sulfide) groups is 2. The Kier molecular flexibility index (Phi) is 17.6. The van der Waals surface area contributed by atoms with Crippen molar-refractivity contribution >= 4 is 151 Å². The van der Waals surface area contributed by atoms with Crippen LogP contribution in [0.25, 0.3) is 4.85 Å². The van der Waals surface area contributed by atoms with E-state index in [0.29, 0.717) is 36.3 Å². The second-order valence-electron chi connectivity index (χ2n) is 12.5. The van der Waals surface area contributed by atoms with Gasteiger partial charge in [-0.1, -0.05) is 16.8 Å². The Morgan fingerprint density at radius 3 is 1.42 bits per heavy atom. The van der Waals surface area contributed by atoms with Gasteiger partial charge >= 0.3 is 0 Å². The third kappa shape index (κ3) is 14.7. The smallest absolute Gasteiger partial charge is 0.296 e. The van der Waals surface area contributed by atoms with Crippen molar-refractivity contribution in [2.75, 3.05) is 62.8 Å². The third-order valence-corrected chi connectivity index (χ3v) is 13.3. The third-order valence-electron chi connectivity index (χ3n) is 7.78. The molecule has 0 amide bonds. The van der Waals surface area contributed by atoms with E-state index in [9.17, 15) is 51.9 Å². The fraction of sp³-hybridized carbons (Fsp3) is 0.138. The second kappa shape index (κ2) is 22.8. The van der Waals surface area contributed by atoms with Gasteiger partial charge in [0.2, 0.25) is 17.8 Å². The number of nitriles is 1. The number of rotatable bonds is 22. The van der Waals surface area contributed by atoms with E-state index in [1.165, 1.54) is 0 Å². The van der Waals surface area contributed by atoms with E-state index < -0.39 is 135 Å². The molecule has 0 fully saturated rings. The van der Waals surface area contributed by atoms with Crippen LogP contribution in [0.15, 0.2) is 74.6 Å². The van der Waals surface area contributed by atoms with Crippen LogP contribution in [0.3, 0.4) is 0 Å². The fourth-order valence-electron chi connectivity index (χ4n) is 5.02. The first-order valence-electron chi connectivity index (χ1n) is 17.8. The molecule has 2 aromatic carbocycles. The van der Waals surface area contributed by atoms with Crippen LogP contribution in [0.2, 0.25) is 0 Å². The van der Waals surface area contributed by atoms with E-state index >= 15 is 0 Å². The Balaban J connectivity index is 1.65. The number of benzene rings is 2. The van der Waals surface area contributed by atoms with Crippen LogP contribution in [0, 0.1) is 17.9 Å². The molecule has 42 heteroatoms. The van der Waals surface area contributed by atoms with Crippen LogP contribution >= 0.6 is 35.6 Å². The molecule has 0 saturated carbocycles. The van der Waals surface area contributed by atoms with E-state index in [4.69, 9.17) is 40.0 Å². The summed E-state index contributed by atoms with van der Waals surface area (Å²) >= 11 is 2.23. The van der Waals surface area contributed by atoms with Gasteiger partial charge < -0.3 is 43.7 Å². The molecule has 16 N–H and O–H groups in total. The van der Waals surface area contributed by atoms with Crippen LogP contribution in [0.4, 0.5) is 75.2 Å². The highest BCUT2D eigenvalue weighted by atomic mass is 32.2. The number of hydrogen-bond acceptors (Lipinski definition) is 33. The minimum Gasteiger partial charge on any atom is -0.382 e. The SMILES string of the molecule is [C-]#[N+]CSc1nc(N)c(N=Nc2cc(S(=O)(=O)O)c(Nc3nc(NCCSOOO)nc(Nc4cc(S(=O)(=O)O)c(N=Nc5c(N)nc(SCC#N)nc5N)cc4S(=O)(=O)O)n3)cc2S(=O)(=O)O)c(N)n1. The van der Waals surface area contributed by atoms with Gasteiger partial charge in [-0.15, -0.1) is 24.8 Å². The highest BCUT2D eigenvalue weighted by Crippen LogP contribution is 2.40. The Hall–Kier alpha value is -7.04. The summed E-state index contributed by atoms with van der Waals surface area (Å²) in [5.41, 5.74) is 18.8. The van der Waals surface area contributed by atoms with Crippen molar-refractivity contribution in [2.24, 2.45) is 20.5 Å². The molecule has 0 aliphatic rings. The molecular formula is C29H28N20O15S7. The predicted octanol–water partition coefficient (Wildman–Crippen LogP) is 3.15. The summed E-state index contributed by atoms with van der Waals surface area (Å²) in [6.07, 6.45) is 0. The summed E-state index contributed by atoms with van der Waals surface area (Å²) in [6, 6.07) is 3.49. The number of aromatic nitrogens is 7. The van der Waals surface area contributed by atoms with Gasteiger partial charge in [-0.3, -0.25) is 18.2 Å². The Bertz CT molecular complexity index is 3240. The zero-order valence-electron chi connectivity index (χ0n) is 34.4. The molecule has 3 heterocycles. The lowest BCUT2D eigenvalue weighted by atomic mass is 10.3. The number of nitrogen functional groups attached to an aromatic ring is 4. The van der Waals surface area contributed by atoms with Crippen molar-refractivity contribution in [1.82, 2.24) is 34.9 Å². The van der Waals surface area contributed by atoms with Gasteiger partial charge in [0.25, 0.3) is 46.3 Å². The second-order valence-corrected chi connectivity index (χ2v) is 20.7. The molecule has 0 radical (unpaired) electrons. The quantitative estimate of drug-likeness (QED) is 0.00545. The standard InChI is InChI=1S/C29H28N20O15S7/c1-35-10-66-29-41-23(33)20(24(34)42-29)49-47-14-9-16(69(54,55)56)12(7-18(14)71(60,61)62)38-27-44-25(36-3-5-67-64-63-50)43-26(45-27)37-11-6-17(70(57,58)59)13(8-15(11)68(51,52)53)46-48-19-21(31)39-28(40-22(19)32)65-4-2-30/h6-9,50H,3-5,10H2,(H,51,52,53)(H,54,55,56)(H,57,58,59)(H,60,61,62)(H4,31,32,39,40)(H4,33,34,41,42)(H3,36,37,38,43,44,45). The molecule has 0 aliphatic carbocycles. The first kappa shape index (κ1) is 54.9. The predicted molar refractivity (Wildman–Crippen MR) is 248 cm³/mol. The van der Waals surface area contributed by atoms with Crippen molar-refractivity contribution < 1.29 is 66.5 Å². The Labute approximate surface area is 410 Å². The summed E-state index contributed by atoms with van der Waals surface area (Å²) in [7, 11) is -21.7. The van der Waals surface area contributed by atoms with Crippen LogP contribution in [-0.4, -0.2) is 116 Å². The van der Waals surface area contributed by atoms with Gasteiger partial charge in [-0.25, -0.2) is 31.8 Å². The summed E-state index contributed by atoms with van der Waals surface area (Å²) in [5.74, 6) is -4.14. The van der Waals surface area contributed by atoms with Crippen molar-refractivity contribution in [2.45, 2.75) is 29.9 Å². The topological polar surface area (TPSA) is 564 Å². The maximum Gasteiger partial charge on any atom is 0.296 e. The lowest BCUT2D eigenvalue weighted by molar-refractivity contribution is -0.432. The zero-order chi connectivity index (χ0) is 52.5. The summed E-state index contributed by atoms with van der Waals surface area (Å²) in [5, 5.41) is 42.5. The molecular weight excluding hydrogens is 1090 g/mol. The van der Waals surface area contributed by atoms with Crippen LogP contribution in [0.1, 0.15) is 0 Å². The lowest BCUT2D eigenvalue weighted by Gasteiger charge is -2.15. The number of nitrogens with two attached hydrogens (primary N) is 4. The van der Waals surface area contributed by atoms with Crippen molar-refractivity contribution in [3.8, 4) is 6.07 Å². The normalized spacial score (nSPS) is 12.2. The van der Waals surface area contributed by atoms with E-state index in [1.54, 1.807) is 0 Å². The van der Waals surface area contributed by atoms with Crippen molar-refractivity contribution in [3.63, 3.8) is 0 Å². The highest BCUT2D eigenvalue weighted by molar-refractivity contribution is 7.99. The molecule has 0 atom stereocenters. The first-order valence-corrected chi connectivity index (χ1v) is 26.4. The maximum atomic E-state index is 12.8. The number of anilines is 9. The molecule has 376 valence electrons. The largest absolute Gasteiger partial charge is 0.382 e. The van der Waals surface area contributed by atoms with E-state index in [1.807, 2.05) is 6.07 Å². The average Bonchev–Trinajstić information content (AvgIpc) is 3.26. The van der Waals surface area contributed by atoms with Crippen LogP contribution in [0.5, 0.6) is 0 Å². The molecule has 0 saturated heterocycles. The molecule has 0 aliphatic heterocycles. The molecule has 71 heavy (non-hydrogen) atoms. The minimum absolute atomic E-state index is 0.0453. The molecule has 35 nitrogen and oxygen atoms in total. The summed E-state index contributed by atoms with van der Waals surface area (Å²) in [4.78, 5) is 25.9. The van der Waals surface area contributed by atoms with Crippen molar-refractivity contribution in [3.05, 3.63) is 35.7 Å². The molecule has 3 aromatic heterocycles. The number of nitrogens with one attached hydrogen (secondary N) is 3. The molecule has 0 unspecified atom stereocenters. The summed E-state index contributed by atoms with van der Waals surface area (Å²) < 4.78 is 147. The van der Waals surface area contributed by atoms with Gasteiger partial charge in [-0.2, -0.15) is 53.9 Å². The monoisotopic (exact) mass is 1120 g/mol.